The van der Waals surface area contributed by atoms with Crippen molar-refractivity contribution >= 4 is 12.6 Å². The molecule has 15 heavy (non-hydrogen) atoms. The van der Waals surface area contributed by atoms with Crippen LogP contribution in [0.15, 0.2) is 0 Å². The minimum atomic E-state index is 0.580. The van der Waals surface area contributed by atoms with Gasteiger partial charge in [0.15, 0.2) is 0 Å². The first-order chi connectivity index (χ1) is 7.22. The summed E-state index contributed by atoms with van der Waals surface area (Å²) in [7, 11) is 0. The van der Waals surface area contributed by atoms with Gasteiger partial charge in [-0.1, -0.05) is 0 Å². The van der Waals surface area contributed by atoms with Crippen LogP contribution in [0.25, 0.3) is 0 Å². The maximum atomic E-state index is 5.70. The van der Waals surface area contributed by atoms with Gasteiger partial charge in [0.1, 0.15) is 0 Å². The van der Waals surface area contributed by atoms with E-state index in [4.69, 9.17) is 18.4 Å². The SMILES string of the molecule is NCCC(S)C12CC3CC(CC(C3)C1)C2. The van der Waals surface area contributed by atoms with Crippen molar-refractivity contribution in [2.75, 3.05) is 6.54 Å². The lowest BCUT2D eigenvalue weighted by Gasteiger charge is -2.59. The van der Waals surface area contributed by atoms with Crippen molar-refractivity contribution in [3.8, 4) is 0 Å². The Balaban J connectivity index is 1.80. The summed E-state index contributed by atoms with van der Waals surface area (Å²) >= 11 is 4.87. The molecule has 1 unspecified atom stereocenters. The van der Waals surface area contributed by atoms with Crippen LogP contribution in [-0.4, -0.2) is 11.8 Å². The lowest BCUT2D eigenvalue weighted by atomic mass is 9.48. The Morgan fingerprint density at radius 2 is 1.53 bits per heavy atom. The normalized spacial score (nSPS) is 49.6. The summed E-state index contributed by atoms with van der Waals surface area (Å²) in [6.07, 6.45) is 10.1. The average molecular weight is 225 g/mol. The molecule has 2 heteroatoms. The van der Waals surface area contributed by atoms with Gasteiger partial charge in [0.2, 0.25) is 0 Å². The molecule has 0 heterocycles. The van der Waals surface area contributed by atoms with Gasteiger partial charge in [-0.3, -0.25) is 0 Å². The van der Waals surface area contributed by atoms with Crippen molar-refractivity contribution in [2.24, 2.45) is 28.9 Å². The van der Waals surface area contributed by atoms with Crippen molar-refractivity contribution in [1.82, 2.24) is 0 Å². The van der Waals surface area contributed by atoms with Gasteiger partial charge in [0, 0.05) is 5.25 Å². The summed E-state index contributed by atoms with van der Waals surface area (Å²) in [5.74, 6) is 3.14. The first-order valence-electron chi connectivity index (χ1n) is 6.60. The van der Waals surface area contributed by atoms with Gasteiger partial charge in [-0.2, -0.15) is 12.6 Å². The van der Waals surface area contributed by atoms with Gasteiger partial charge in [0.05, 0.1) is 0 Å². The van der Waals surface area contributed by atoms with Crippen molar-refractivity contribution in [1.29, 1.82) is 0 Å². The largest absolute Gasteiger partial charge is 0.330 e. The summed E-state index contributed by atoms with van der Waals surface area (Å²) in [5, 5.41) is 0.580. The zero-order chi connectivity index (χ0) is 10.5. The van der Waals surface area contributed by atoms with Crippen LogP contribution < -0.4 is 5.73 Å². The third kappa shape index (κ3) is 1.64. The predicted octanol–water partition coefficient (Wildman–Crippen LogP) is 2.85. The molecule has 0 aliphatic heterocycles. The van der Waals surface area contributed by atoms with Crippen molar-refractivity contribution in [3.63, 3.8) is 0 Å². The Labute approximate surface area is 98.6 Å². The zero-order valence-electron chi connectivity index (χ0n) is 9.49. The monoisotopic (exact) mass is 225 g/mol. The van der Waals surface area contributed by atoms with E-state index in [2.05, 4.69) is 0 Å². The lowest BCUT2D eigenvalue weighted by molar-refractivity contribution is -0.0537. The van der Waals surface area contributed by atoms with Crippen LogP contribution in [0, 0.1) is 23.2 Å². The molecule has 0 aromatic heterocycles. The van der Waals surface area contributed by atoms with E-state index in [1.165, 1.54) is 38.5 Å². The molecule has 0 aromatic rings. The molecule has 0 aromatic carbocycles. The number of rotatable bonds is 3. The van der Waals surface area contributed by atoms with E-state index in [1.807, 2.05) is 0 Å². The van der Waals surface area contributed by atoms with E-state index in [0.717, 1.165) is 30.7 Å². The van der Waals surface area contributed by atoms with Gasteiger partial charge < -0.3 is 5.73 Å². The Hall–Kier alpha value is 0.310. The third-order valence-corrected chi connectivity index (χ3v) is 6.04. The molecule has 0 spiro atoms. The van der Waals surface area contributed by atoms with E-state index >= 15 is 0 Å². The topological polar surface area (TPSA) is 26.0 Å². The Bertz CT molecular complexity index is 216. The second kappa shape index (κ2) is 3.66. The van der Waals surface area contributed by atoms with Crippen LogP contribution in [-0.2, 0) is 0 Å². The summed E-state index contributed by atoms with van der Waals surface area (Å²) in [6, 6.07) is 0. The molecule has 4 saturated carbocycles. The maximum absolute atomic E-state index is 5.70. The Morgan fingerprint density at radius 3 is 1.93 bits per heavy atom. The zero-order valence-corrected chi connectivity index (χ0v) is 10.4. The van der Waals surface area contributed by atoms with E-state index in [1.54, 1.807) is 0 Å². The fourth-order valence-corrected chi connectivity index (χ4v) is 5.52. The van der Waals surface area contributed by atoms with Gasteiger partial charge >= 0.3 is 0 Å². The van der Waals surface area contributed by atoms with Crippen molar-refractivity contribution < 1.29 is 0 Å². The van der Waals surface area contributed by atoms with Gasteiger partial charge in [0.25, 0.3) is 0 Å². The van der Waals surface area contributed by atoms with E-state index in [-0.39, 0.29) is 0 Å². The summed E-state index contributed by atoms with van der Waals surface area (Å²) < 4.78 is 0. The van der Waals surface area contributed by atoms with E-state index < -0.39 is 0 Å². The second-order valence-electron chi connectivity index (χ2n) is 6.37. The van der Waals surface area contributed by atoms with Crippen LogP contribution in [0.5, 0.6) is 0 Å². The van der Waals surface area contributed by atoms with Crippen LogP contribution in [0.2, 0.25) is 0 Å². The molecule has 2 N–H and O–H groups in total. The van der Waals surface area contributed by atoms with E-state index in [0.29, 0.717) is 10.7 Å². The summed E-state index contributed by atoms with van der Waals surface area (Å²) in [4.78, 5) is 0. The van der Waals surface area contributed by atoms with Crippen molar-refractivity contribution in [2.45, 2.75) is 50.2 Å². The fourth-order valence-electron chi connectivity index (χ4n) is 5.05. The quantitative estimate of drug-likeness (QED) is 0.710. The highest BCUT2D eigenvalue weighted by atomic mass is 32.1. The smallest absolute Gasteiger partial charge is 0.00855 e. The fraction of sp³-hybridized carbons (Fsp3) is 1.00. The number of nitrogens with two attached hydrogens (primary N) is 1. The first-order valence-corrected chi connectivity index (χ1v) is 7.11. The molecule has 4 aliphatic carbocycles. The molecule has 0 amide bonds. The van der Waals surface area contributed by atoms with Crippen LogP contribution in [0.3, 0.4) is 0 Å². The summed E-state index contributed by atoms with van der Waals surface area (Å²) in [6.45, 7) is 0.815. The Kier molecular flexibility index (Phi) is 2.55. The van der Waals surface area contributed by atoms with Crippen LogP contribution in [0.1, 0.15) is 44.9 Å². The molecular weight excluding hydrogens is 202 g/mol. The number of thiol groups is 1. The van der Waals surface area contributed by atoms with Gasteiger partial charge in [-0.05, 0) is 74.7 Å². The maximum Gasteiger partial charge on any atom is 0.00855 e. The molecule has 0 radical (unpaired) electrons. The molecule has 1 atom stereocenters. The predicted molar refractivity (Wildman–Crippen MR) is 67.1 cm³/mol. The lowest BCUT2D eigenvalue weighted by Crippen LogP contribution is -2.50. The number of hydrogen-bond donors (Lipinski definition) is 2. The minimum Gasteiger partial charge on any atom is -0.330 e. The van der Waals surface area contributed by atoms with Gasteiger partial charge in [-0.15, -0.1) is 0 Å². The molecule has 0 saturated heterocycles. The van der Waals surface area contributed by atoms with Crippen LogP contribution in [0.4, 0.5) is 0 Å². The summed E-state index contributed by atoms with van der Waals surface area (Å²) in [5.41, 5.74) is 6.29. The average Bonchev–Trinajstić information content (AvgIpc) is 2.15. The highest BCUT2D eigenvalue weighted by Crippen LogP contribution is 2.62. The first kappa shape index (κ1) is 10.5. The highest BCUT2D eigenvalue weighted by molar-refractivity contribution is 7.81. The van der Waals surface area contributed by atoms with E-state index in [9.17, 15) is 0 Å². The number of hydrogen-bond acceptors (Lipinski definition) is 2. The highest BCUT2D eigenvalue weighted by Gasteiger charge is 2.52. The second-order valence-corrected chi connectivity index (χ2v) is 7.00. The molecule has 86 valence electrons. The van der Waals surface area contributed by atoms with Crippen LogP contribution >= 0.6 is 12.6 Å². The molecule has 4 aliphatic rings. The minimum absolute atomic E-state index is 0.580. The molecular formula is C13H23NS. The molecule has 1 nitrogen and oxygen atoms in total. The Morgan fingerprint density at radius 1 is 1.07 bits per heavy atom. The molecule has 4 rings (SSSR count). The van der Waals surface area contributed by atoms with Gasteiger partial charge in [-0.25, -0.2) is 0 Å². The molecule has 4 bridgehead atoms. The standard InChI is InChI=1S/C13H23NS/c14-2-1-12(15)13-6-9-3-10(7-13)5-11(4-9)8-13/h9-12,15H,1-8,14H2. The molecule has 4 fully saturated rings. The third-order valence-electron chi connectivity index (χ3n) is 5.23. The van der Waals surface area contributed by atoms with Crippen molar-refractivity contribution in [3.05, 3.63) is 0 Å².